The van der Waals surface area contributed by atoms with E-state index in [1.54, 1.807) is 0 Å². The Kier molecular flexibility index (Phi) is 4.99. The number of hydrogen-bond donors (Lipinski definition) is 2. The molecule has 2 rings (SSSR count). The molecule has 2 atom stereocenters. The minimum absolute atomic E-state index is 0.311. The molecule has 0 aliphatic heterocycles. The number of carbonyl (C=O) groups is 1. The second-order valence-electron chi connectivity index (χ2n) is 5.95. The second-order valence-corrected chi connectivity index (χ2v) is 5.95. The van der Waals surface area contributed by atoms with Gasteiger partial charge in [0, 0.05) is 5.92 Å². The Labute approximate surface area is 137 Å². The Morgan fingerprint density at radius 2 is 1.62 bits per heavy atom. The van der Waals surface area contributed by atoms with E-state index in [-0.39, 0.29) is 0 Å². The fraction of sp³-hybridized carbons (Fsp3) is 0.278. The maximum absolute atomic E-state index is 12.7. The Morgan fingerprint density at radius 1 is 1.08 bits per heavy atom. The Morgan fingerprint density at radius 3 is 2.08 bits per heavy atom. The molecule has 3 N–H and O–H groups in total. The van der Waals surface area contributed by atoms with Gasteiger partial charge in [-0.15, -0.1) is 0 Å². The molecule has 24 heavy (non-hydrogen) atoms. The van der Waals surface area contributed by atoms with Gasteiger partial charge in [0.2, 0.25) is 0 Å². The molecule has 3 nitrogen and oxygen atoms in total. The molecule has 0 aromatic heterocycles. The molecule has 0 radical (unpaired) electrons. The zero-order valence-electron chi connectivity index (χ0n) is 13.0. The third-order valence-electron chi connectivity index (χ3n) is 4.11. The zero-order chi connectivity index (χ0) is 18.0. The number of aliphatic carboxylic acids is 1. The molecule has 0 saturated heterocycles. The summed E-state index contributed by atoms with van der Waals surface area (Å²) >= 11 is 0. The van der Waals surface area contributed by atoms with Gasteiger partial charge in [0.15, 0.2) is 0 Å². The van der Waals surface area contributed by atoms with E-state index >= 15 is 0 Å². The molecule has 0 aliphatic rings. The van der Waals surface area contributed by atoms with E-state index < -0.39 is 29.2 Å². The third kappa shape index (κ3) is 3.94. The highest BCUT2D eigenvalue weighted by atomic mass is 19.4. The van der Waals surface area contributed by atoms with Gasteiger partial charge >= 0.3 is 12.1 Å². The van der Waals surface area contributed by atoms with Gasteiger partial charge in [-0.25, -0.2) is 0 Å². The average molecular weight is 337 g/mol. The van der Waals surface area contributed by atoms with Crippen LogP contribution < -0.4 is 5.73 Å². The molecule has 6 heteroatoms. The van der Waals surface area contributed by atoms with Crippen LogP contribution in [0.15, 0.2) is 54.6 Å². The molecule has 2 aromatic carbocycles. The fourth-order valence-electron chi connectivity index (χ4n) is 2.58. The Balaban J connectivity index is 2.41. The quantitative estimate of drug-likeness (QED) is 0.871. The van der Waals surface area contributed by atoms with Gasteiger partial charge in [-0.1, -0.05) is 42.5 Å². The first-order valence-corrected chi connectivity index (χ1v) is 7.35. The molecule has 128 valence electrons. The minimum Gasteiger partial charge on any atom is -0.480 e. The van der Waals surface area contributed by atoms with E-state index in [9.17, 15) is 23.1 Å². The van der Waals surface area contributed by atoms with Gasteiger partial charge in [0.1, 0.15) is 5.54 Å². The zero-order valence-corrected chi connectivity index (χ0v) is 13.0. The highest BCUT2D eigenvalue weighted by Crippen LogP contribution is 2.34. The first-order chi connectivity index (χ1) is 11.1. The van der Waals surface area contributed by atoms with Crippen molar-refractivity contribution in [2.24, 2.45) is 5.73 Å². The molecule has 0 aliphatic carbocycles. The predicted octanol–water partition coefficient (Wildman–Crippen LogP) is 3.83. The number of nitrogens with two attached hydrogens (primary N) is 1. The molecular weight excluding hydrogens is 319 g/mol. The van der Waals surface area contributed by atoms with Crippen molar-refractivity contribution >= 4 is 5.97 Å². The highest BCUT2D eigenvalue weighted by Gasteiger charge is 2.39. The summed E-state index contributed by atoms with van der Waals surface area (Å²) in [6, 6.07) is 13.6. The smallest absolute Gasteiger partial charge is 0.416 e. The molecule has 0 bridgehead atoms. The SMILES string of the molecule is CC(N)(C(=O)O)C(Cc1ccccc1)c1ccc(C(F)(F)F)cc1. The van der Waals surface area contributed by atoms with Gasteiger partial charge in [0.25, 0.3) is 0 Å². The summed E-state index contributed by atoms with van der Waals surface area (Å²) < 4.78 is 38.1. The summed E-state index contributed by atoms with van der Waals surface area (Å²) in [6.07, 6.45) is -4.13. The van der Waals surface area contributed by atoms with Crippen LogP contribution in [0.5, 0.6) is 0 Å². The summed E-state index contributed by atoms with van der Waals surface area (Å²) in [4.78, 5) is 11.5. The standard InChI is InChI=1S/C18H18F3NO2/c1-17(22,16(23)24)15(11-12-5-3-2-4-6-12)13-7-9-14(10-8-13)18(19,20)21/h2-10,15H,11,22H2,1H3,(H,23,24). The summed E-state index contributed by atoms with van der Waals surface area (Å²) in [5.74, 6) is -1.87. The number of rotatable bonds is 5. The van der Waals surface area contributed by atoms with E-state index in [4.69, 9.17) is 5.73 Å². The maximum atomic E-state index is 12.7. The van der Waals surface area contributed by atoms with Crippen molar-refractivity contribution in [2.75, 3.05) is 0 Å². The number of halogens is 3. The molecule has 0 heterocycles. The number of alkyl halides is 3. The number of carboxylic acids is 1. The van der Waals surface area contributed by atoms with Gasteiger partial charge in [-0.3, -0.25) is 4.79 Å². The molecular formula is C18H18F3NO2. The van der Waals surface area contributed by atoms with Crippen LogP contribution in [0.4, 0.5) is 13.2 Å². The molecule has 0 spiro atoms. The van der Waals surface area contributed by atoms with E-state index in [2.05, 4.69) is 0 Å². The Hall–Kier alpha value is -2.34. The normalized spacial score (nSPS) is 15.5. The summed E-state index contributed by atoms with van der Waals surface area (Å²) in [5, 5.41) is 9.43. The first-order valence-electron chi connectivity index (χ1n) is 7.35. The van der Waals surface area contributed by atoms with Crippen LogP contribution in [-0.2, 0) is 17.4 Å². The summed E-state index contributed by atoms with van der Waals surface area (Å²) in [7, 11) is 0. The van der Waals surface area contributed by atoms with E-state index in [1.165, 1.54) is 19.1 Å². The molecule has 0 amide bonds. The summed E-state index contributed by atoms with van der Waals surface area (Å²) in [5.41, 5.74) is 4.91. The van der Waals surface area contributed by atoms with Crippen molar-refractivity contribution in [1.82, 2.24) is 0 Å². The van der Waals surface area contributed by atoms with Gasteiger partial charge in [-0.2, -0.15) is 13.2 Å². The van der Waals surface area contributed by atoms with Crippen LogP contribution in [0.2, 0.25) is 0 Å². The van der Waals surface area contributed by atoms with Crippen molar-refractivity contribution in [3.63, 3.8) is 0 Å². The van der Waals surface area contributed by atoms with E-state index in [1.807, 2.05) is 30.3 Å². The van der Waals surface area contributed by atoms with Crippen molar-refractivity contribution < 1.29 is 23.1 Å². The van der Waals surface area contributed by atoms with Gasteiger partial charge in [0.05, 0.1) is 5.56 Å². The average Bonchev–Trinajstić information content (AvgIpc) is 2.52. The predicted molar refractivity (Wildman–Crippen MR) is 84.6 cm³/mol. The van der Waals surface area contributed by atoms with Crippen molar-refractivity contribution in [2.45, 2.75) is 31.0 Å². The number of carboxylic acid groups (broad SMARTS) is 1. The van der Waals surface area contributed by atoms with Gasteiger partial charge in [-0.05, 0) is 36.6 Å². The number of benzene rings is 2. The monoisotopic (exact) mass is 337 g/mol. The lowest BCUT2D eigenvalue weighted by atomic mass is 9.77. The third-order valence-corrected chi connectivity index (χ3v) is 4.11. The van der Waals surface area contributed by atoms with Gasteiger partial charge < -0.3 is 10.8 Å². The van der Waals surface area contributed by atoms with Crippen LogP contribution in [0.3, 0.4) is 0 Å². The maximum Gasteiger partial charge on any atom is 0.416 e. The second kappa shape index (κ2) is 6.65. The topological polar surface area (TPSA) is 63.3 Å². The van der Waals surface area contributed by atoms with Crippen LogP contribution >= 0.6 is 0 Å². The largest absolute Gasteiger partial charge is 0.480 e. The highest BCUT2D eigenvalue weighted by molar-refractivity contribution is 5.79. The molecule has 2 aromatic rings. The van der Waals surface area contributed by atoms with E-state index in [0.29, 0.717) is 12.0 Å². The Bertz CT molecular complexity index is 694. The lowest BCUT2D eigenvalue weighted by Crippen LogP contribution is -2.50. The lowest BCUT2D eigenvalue weighted by Gasteiger charge is -2.31. The fourth-order valence-corrected chi connectivity index (χ4v) is 2.58. The van der Waals surface area contributed by atoms with Crippen LogP contribution in [0.1, 0.15) is 29.5 Å². The van der Waals surface area contributed by atoms with Crippen LogP contribution in [-0.4, -0.2) is 16.6 Å². The minimum atomic E-state index is -4.44. The van der Waals surface area contributed by atoms with Crippen molar-refractivity contribution in [3.8, 4) is 0 Å². The lowest BCUT2D eigenvalue weighted by molar-refractivity contribution is -0.143. The molecule has 0 fully saturated rings. The van der Waals surface area contributed by atoms with Crippen LogP contribution in [0.25, 0.3) is 0 Å². The summed E-state index contributed by atoms with van der Waals surface area (Å²) in [6.45, 7) is 1.38. The molecule has 0 saturated carbocycles. The van der Waals surface area contributed by atoms with Crippen LogP contribution in [0, 0.1) is 0 Å². The first kappa shape index (κ1) is 18.0. The molecule has 2 unspecified atom stereocenters. The van der Waals surface area contributed by atoms with E-state index in [0.717, 1.165) is 17.7 Å². The number of hydrogen-bond acceptors (Lipinski definition) is 2. The van der Waals surface area contributed by atoms with Crippen molar-refractivity contribution in [1.29, 1.82) is 0 Å². The van der Waals surface area contributed by atoms with Crippen molar-refractivity contribution in [3.05, 3.63) is 71.3 Å².